The Morgan fingerprint density at radius 3 is 2.85 bits per heavy atom. The van der Waals surface area contributed by atoms with Crippen molar-refractivity contribution in [2.24, 2.45) is 5.73 Å². The Bertz CT molecular complexity index is 437. The normalized spacial score (nSPS) is 11.3. The van der Waals surface area contributed by atoms with Gasteiger partial charge in [0.2, 0.25) is 5.91 Å². The molecule has 0 radical (unpaired) electrons. The number of ether oxygens (including phenoxy) is 1. The molecule has 20 heavy (non-hydrogen) atoms. The summed E-state index contributed by atoms with van der Waals surface area (Å²) >= 11 is 1.29. The summed E-state index contributed by atoms with van der Waals surface area (Å²) in [5.41, 5.74) is 6.18. The maximum Gasteiger partial charge on any atom is 0.311 e. The molecule has 1 amide bonds. The van der Waals surface area contributed by atoms with E-state index in [4.69, 9.17) is 10.5 Å². The number of carbonyl (C=O) groups excluding carboxylic acids is 2. The predicted molar refractivity (Wildman–Crippen MR) is 81.2 cm³/mol. The molecule has 0 saturated carbocycles. The lowest BCUT2D eigenvalue weighted by atomic mass is 10.2. The quantitative estimate of drug-likeness (QED) is 0.746. The molecule has 8 heteroatoms. The minimum absolute atomic E-state index is 0. The number of nitrogens with zero attached hydrogens (tertiary/aromatic N) is 1. The molecule has 1 rings (SSSR count). The molecule has 1 atom stereocenters. The van der Waals surface area contributed by atoms with E-state index in [1.807, 2.05) is 6.92 Å². The van der Waals surface area contributed by atoms with Crippen LogP contribution in [0.4, 0.5) is 5.13 Å². The first-order valence-electron chi connectivity index (χ1n) is 6.16. The van der Waals surface area contributed by atoms with E-state index >= 15 is 0 Å². The van der Waals surface area contributed by atoms with Crippen LogP contribution in [0.15, 0.2) is 5.38 Å². The number of rotatable bonds is 7. The maximum absolute atomic E-state index is 11.6. The van der Waals surface area contributed by atoms with Crippen LogP contribution in [0.1, 0.15) is 32.4 Å². The van der Waals surface area contributed by atoms with Gasteiger partial charge in [-0.3, -0.25) is 9.59 Å². The summed E-state index contributed by atoms with van der Waals surface area (Å²) in [5.74, 6) is -0.433. The van der Waals surface area contributed by atoms with Crippen molar-refractivity contribution in [3.63, 3.8) is 0 Å². The third kappa shape index (κ3) is 7.42. The lowest BCUT2D eigenvalue weighted by Crippen LogP contribution is -2.19. The number of halogens is 1. The Kier molecular flexibility index (Phi) is 9.11. The van der Waals surface area contributed by atoms with Crippen LogP contribution in [-0.4, -0.2) is 29.5 Å². The predicted octanol–water partition coefficient (Wildman–Crippen LogP) is 1.74. The van der Waals surface area contributed by atoms with E-state index in [0.29, 0.717) is 30.3 Å². The van der Waals surface area contributed by atoms with E-state index in [2.05, 4.69) is 10.3 Å². The summed E-state index contributed by atoms with van der Waals surface area (Å²) < 4.78 is 4.83. The molecule has 0 aliphatic rings. The van der Waals surface area contributed by atoms with Crippen molar-refractivity contribution in [3.05, 3.63) is 11.1 Å². The summed E-state index contributed by atoms with van der Waals surface area (Å²) in [6.45, 7) is 3.96. The SMILES string of the molecule is CCOC(=O)Cc1csc(NC(=O)CCC(C)N)n1.Cl. The van der Waals surface area contributed by atoms with Crippen molar-refractivity contribution in [2.45, 2.75) is 39.2 Å². The molecular weight excluding hydrogens is 302 g/mol. The van der Waals surface area contributed by atoms with Gasteiger partial charge in [0, 0.05) is 17.8 Å². The molecule has 1 heterocycles. The summed E-state index contributed by atoms with van der Waals surface area (Å²) in [7, 11) is 0. The van der Waals surface area contributed by atoms with Crippen molar-refractivity contribution >= 4 is 40.8 Å². The van der Waals surface area contributed by atoms with Gasteiger partial charge in [0.25, 0.3) is 0 Å². The second kappa shape index (κ2) is 9.68. The number of thiazole rings is 1. The number of esters is 1. The number of amides is 1. The minimum atomic E-state index is -0.317. The second-order valence-electron chi connectivity index (χ2n) is 4.19. The van der Waals surface area contributed by atoms with Gasteiger partial charge < -0.3 is 15.8 Å². The van der Waals surface area contributed by atoms with Gasteiger partial charge in [-0.2, -0.15) is 0 Å². The van der Waals surface area contributed by atoms with Crippen LogP contribution in [0.2, 0.25) is 0 Å². The fourth-order valence-electron chi connectivity index (χ4n) is 1.35. The van der Waals surface area contributed by atoms with Crippen LogP contribution < -0.4 is 11.1 Å². The molecule has 3 N–H and O–H groups in total. The van der Waals surface area contributed by atoms with Crippen LogP contribution in [0, 0.1) is 0 Å². The summed E-state index contributed by atoms with van der Waals surface area (Å²) in [4.78, 5) is 27.0. The zero-order valence-electron chi connectivity index (χ0n) is 11.5. The summed E-state index contributed by atoms with van der Waals surface area (Å²) in [6.07, 6.45) is 1.12. The van der Waals surface area contributed by atoms with Gasteiger partial charge in [0.1, 0.15) is 0 Å². The highest BCUT2D eigenvalue weighted by atomic mass is 35.5. The molecule has 1 unspecified atom stereocenters. The van der Waals surface area contributed by atoms with E-state index in [-0.39, 0.29) is 36.7 Å². The first kappa shape index (κ1) is 18.8. The molecule has 1 aromatic rings. The van der Waals surface area contributed by atoms with Crippen LogP contribution >= 0.6 is 23.7 Å². The largest absolute Gasteiger partial charge is 0.466 e. The third-order valence-corrected chi connectivity index (χ3v) is 3.06. The molecule has 0 saturated heterocycles. The Morgan fingerprint density at radius 2 is 2.25 bits per heavy atom. The van der Waals surface area contributed by atoms with E-state index in [0.717, 1.165) is 0 Å². The van der Waals surface area contributed by atoms with Crippen LogP contribution in [0.3, 0.4) is 0 Å². The van der Waals surface area contributed by atoms with Crippen molar-refractivity contribution in [2.75, 3.05) is 11.9 Å². The molecule has 0 aliphatic heterocycles. The molecule has 0 fully saturated rings. The van der Waals surface area contributed by atoms with Crippen molar-refractivity contribution in [1.29, 1.82) is 0 Å². The lowest BCUT2D eigenvalue weighted by Gasteiger charge is -2.04. The number of nitrogens with one attached hydrogen (secondary N) is 1. The second-order valence-corrected chi connectivity index (χ2v) is 5.05. The molecule has 6 nitrogen and oxygen atoms in total. The average molecular weight is 322 g/mol. The lowest BCUT2D eigenvalue weighted by molar-refractivity contribution is -0.142. The molecule has 0 spiro atoms. The highest BCUT2D eigenvalue weighted by Gasteiger charge is 2.10. The number of hydrogen-bond donors (Lipinski definition) is 2. The third-order valence-electron chi connectivity index (χ3n) is 2.26. The monoisotopic (exact) mass is 321 g/mol. The van der Waals surface area contributed by atoms with Gasteiger partial charge in [0.05, 0.1) is 18.7 Å². The van der Waals surface area contributed by atoms with E-state index in [1.165, 1.54) is 11.3 Å². The van der Waals surface area contributed by atoms with E-state index < -0.39 is 0 Å². The first-order chi connectivity index (χ1) is 9.01. The number of hydrogen-bond acceptors (Lipinski definition) is 6. The zero-order chi connectivity index (χ0) is 14.3. The number of carbonyl (C=O) groups is 2. The van der Waals surface area contributed by atoms with Crippen molar-refractivity contribution < 1.29 is 14.3 Å². The smallest absolute Gasteiger partial charge is 0.311 e. The van der Waals surface area contributed by atoms with Gasteiger partial charge >= 0.3 is 5.97 Å². The van der Waals surface area contributed by atoms with Gasteiger partial charge in [-0.15, -0.1) is 23.7 Å². The fraction of sp³-hybridized carbons (Fsp3) is 0.583. The first-order valence-corrected chi connectivity index (χ1v) is 7.04. The van der Waals surface area contributed by atoms with Crippen LogP contribution in [0.25, 0.3) is 0 Å². The van der Waals surface area contributed by atoms with Gasteiger partial charge in [-0.1, -0.05) is 0 Å². The van der Waals surface area contributed by atoms with Gasteiger partial charge in [-0.05, 0) is 20.3 Å². The van der Waals surface area contributed by atoms with Crippen molar-refractivity contribution in [1.82, 2.24) is 4.98 Å². The molecule has 0 aromatic carbocycles. The number of anilines is 1. The Hall–Kier alpha value is -1.18. The van der Waals surface area contributed by atoms with Crippen LogP contribution in [-0.2, 0) is 20.7 Å². The summed E-state index contributed by atoms with van der Waals surface area (Å²) in [6, 6.07) is 0.00131. The molecule has 0 bridgehead atoms. The van der Waals surface area contributed by atoms with Crippen LogP contribution in [0.5, 0.6) is 0 Å². The van der Waals surface area contributed by atoms with Gasteiger partial charge in [0.15, 0.2) is 5.13 Å². The molecule has 0 aliphatic carbocycles. The average Bonchev–Trinajstić information content (AvgIpc) is 2.74. The number of nitrogens with two attached hydrogens (primary N) is 1. The maximum atomic E-state index is 11.6. The highest BCUT2D eigenvalue weighted by Crippen LogP contribution is 2.16. The zero-order valence-corrected chi connectivity index (χ0v) is 13.2. The summed E-state index contributed by atoms with van der Waals surface area (Å²) in [5, 5.41) is 4.91. The highest BCUT2D eigenvalue weighted by molar-refractivity contribution is 7.13. The Balaban J connectivity index is 0.00000361. The molecule has 114 valence electrons. The molecular formula is C12H20ClN3O3S. The van der Waals surface area contributed by atoms with Crippen molar-refractivity contribution in [3.8, 4) is 0 Å². The minimum Gasteiger partial charge on any atom is -0.466 e. The van der Waals surface area contributed by atoms with E-state index in [9.17, 15) is 9.59 Å². The molecule has 1 aromatic heterocycles. The Labute approximate surface area is 128 Å². The Morgan fingerprint density at radius 1 is 1.55 bits per heavy atom. The fourth-order valence-corrected chi connectivity index (χ4v) is 2.07. The number of aromatic nitrogens is 1. The van der Waals surface area contributed by atoms with E-state index in [1.54, 1.807) is 12.3 Å². The standard InChI is InChI=1S/C12H19N3O3S.ClH/c1-3-18-11(17)6-9-7-19-12(14-9)15-10(16)5-4-8(2)13;/h7-8H,3-6,13H2,1-2H3,(H,14,15,16);1H. The van der Waals surface area contributed by atoms with Gasteiger partial charge in [-0.25, -0.2) is 4.98 Å². The topological polar surface area (TPSA) is 94.3 Å².